The second-order valence-electron chi connectivity index (χ2n) is 3.53. The van der Waals surface area contributed by atoms with E-state index in [0.717, 1.165) is 23.6 Å². The highest BCUT2D eigenvalue weighted by Crippen LogP contribution is 2.11. The Morgan fingerprint density at radius 1 is 1.06 bits per heavy atom. The Morgan fingerprint density at radius 3 is 2.50 bits per heavy atom. The van der Waals surface area contributed by atoms with Crippen molar-refractivity contribution in [2.45, 2.75) is 12.8 Å². The van der Waals surface area contributed by atoms with E-state index in [1.807, 2.05) is 30.3 Å². The van der Waals surface area contributed by atoms with Gasteiger partial charge in [-0.25, -0.2) is 9.97 Å². The number of rotatable bonds is 3. The van der Waals surface area contributed by atoms with Gasteiger partial charge in [-0.15, -0.1) is 0 Å². The zero-order valence-electron chi connectivity index (χ0n) is 8.73. The third-order valence-electron chi connectivity index (χ3n) is 2.31. The van der Waals surface area contributed by atoms with Crippen LogP contribution in [-0.2, 0) is 12.8 Å². The number of nitrogens with zero attached hydrogens (tertiary/aromatic N) is 2. The monoisotopic (exact) mass is 233 g/mol. The molecule has 0 radical (unpaired) electrons. The summed E-state index contributed by atoms with van der Waals surface area (Å²) in [5, 5.41) is 0.759. The van der Waals surface area contributed by atoms with Crippen LogP contribution in [0.3, 0.4) is 0 Å². The average molecular weight is 234 g/mol. The summed E-state index contributed by atoms with van der Waals surface area (Å²) >= 11 is 5.81. The van der Waals surface area contributed by atoms with Gasteiger partial charge in [-0.1, -0.05) is 23.7 Å². The molecule has 2 aromatic rings. The molecule has 4 heteroatoms. The summed E-state index contributed by atoms with van der Waals surface area (Å²) in [5.74, 6) is 0.327. The van der Waals surface area contributed by atoms with Crippen LogP contribution in [0, 0.1) is 0 Å². The van der Waals surface area contributed by atoms with Crippen LogP contribution >= 0.6 is 11.6 Å². The minimum Gasteiger partial charge on any atom is -0.368 e. The average Bonchev–Trinajstić information content (AvgIpc) is 2.28. The molecule has 0 saturated carbocycles. The lowest BCUT2D eigenvalue weighted by molar-refractivity contribution is 0.905. The van der Waals surface area contributed by atoms with Gasteiger partial charge in [0.15, 0.2) is 0 Å². The maximum absolute atomic E-state index is 5.81. The van der Waals surface area contributed by atoms with Crippen molar-refractivity contribution < 1.29 is 0 Å². The molecule has 2 N–H and O–H groups in total. The van der Waals surface area contributed by atoms with Crippen molar-refractivity contribution in [2.24, 2.45) is 0 Å². The molecule has 0 unspecified atom stereocenters. The first-order valence-electron chi connectivity index (χ1n) is 5.06. The van der Waals surface area contributed by atoms with Crippen LogP contribution in [0.5, 0.6) is 0 Å². The summed E-state index contributed by atoms with van der Waals surface area (Å²) in [4.78, 5) is 8.00. The lowest BCUT2D eigenvalue weighted by Crippen LogP contribution is -1.99. The summed E-state index contributed by atoms with van der Waals surface area (Å²) in [5.41, 5.74) is 7.71. The molecule has 0 aliphatic carbocycles. The fraction of sp³-hybridized carbons (Fsp3) is 0.167. The molecule has 0 atom stereocenters. The van der Waals surface area contributed by atoms with E-state index in [-0.39, 0.29) is 0 Å². The van der Waals surface area contributed by atoms with Crippen molar-refractivity contribution in [3.63, 3.8) is 0 Å². The summed E-state index contributed by atoms with van der Waals surface area (Å²) in [6.45, 7) is 0. The van der Waals surface area contributed by atoms with E-state index in [1.54, 1.807) is 6.20 Å². The third-order valence-corrected chi connectivity index (χ3v) is 2.57. The topological polar surface area (TPSA) is 51.8 Å². The van der Waals surface area contributed by atoms with Gasteiger partial charge in [0.05, 0.1) is 0 Å². The number of halogens is 1. The van der Waals surface area contributed by atoms with E-state index < -0.39 is 0 Å². The van der Waals surface area contributed by atoms with E-state index in [2.05, 4.69) is 9.97 Å². The van der Waals surface area contributed by atoms with Crippen molar-refractivity contribution >= 4 is 17.5 Å². The summed E-state index contributed by atoms with van der Waals surface area (Å²) in [6.07, 6.45) is 3.46. The Kier molecular flexibility index (Phi) is 3.37. The fourth-order valence-electron chi connectivity index (χ4n) is 1.48. The minimum atomic E-state index is 0.327. The van der Waals surface area contributed by atoms with Gasteiger partial charge in [-0.2, -0.15) is 0 Å². The zero-order chi connectivity index (χ0) is 11.4. The standard InChI is InChI=1S/C12H12ClN3/c13-10-4-1-9(2-5-10)3-6-11-7-8-15-12(14)16-11/h1-2,4-5,7-8H,3,6H2,(H2,14,15,16). The number of hydrogen-bond acceptors (Lipinski definition) is 3. The molecular formula is C12H12ClN3. The van der Waals surface area contributed by atoms with Gasteiger partial charge in [-0.05, 0) is 36.6 Å². The van der Waals surface area contributed by atoms with Gasteiger partial charge < -0.3 is 5.73 Å². The van der Waals surface area contributed by atoms with Gasteiger partial charge in [0.25, 0.3) is 0 Å². The largest absolute Gasteiger partial charge is 0.368 e. The molecule has 0 saturated heterocycles. The Morgan fingerprint density at radius 2 is 1.81 bits per heavy atom. The van der Waals surface area contributed by atoms with Gasteiger partial charge in [0.1, 0.15) is 0 Å². The van der Waals surface area contributed by atoms with E-state index in [1.165, 1.54) is 5.56 Å². The number of aromatic nitrogens is 2. The number of aryl methyl sites for hydroxylation is 2. The molecule has 1 aromatic carbocycles. The Bertz CT molecular complexity index is 468. The van der Waals surface area contributed by atoms with Crippen molar-refractivity contribution in [3.05, 3.63) is 52.8 Å². The van der Waals surface area contributed by atoms with Gasteiger partial charge in [0, 0.05) is 16.9 Å². The molecule has 0 bridgehead atoms. The molecule has 0 aliphatic heterocycles. The molecule has 2 rings (SSSR count). The maximum atomic E-state index is 5.81. The molecule has 0 aliphatic rings. The maximum Gasteiger partial charge on any atom is 0.220 e. The second-order valence-corrected chi connectivity index (χ2v) is 3.97. The summed E-state index contributed by atoms with van der Waals surface area (Å²) in [7, 11) is 0. The number of anilines is 1. The number of nitrogens with two attached hydrogens (primary N) is 1. The fourth-order valence-corrected chi connectivity index (χ4v) is 1.60. The highest BCUT2D eigenvalue weighted by atomic mass is 35.5. The smallest absolute Gasteiger partial charge is 0.220 e. The van der Waals surface area contributed by atoms with Crippen molar-refractivity contribution in [1.29, 1.82) is 0 Å². The zero-order valence-corrected chi connectivity index (χ0v) is 9.48. The van der Waals surface area contributed by atoms with E-state index in [4.69, 9.17) is 17.3 Å². The normalized spacial score (nSPS) is 10.3. The van der Waals surface area contributed by atoms with Crippen LogP contribution in [-0.4, -0.2) is 9.97 Å². The van der Waals surface area contributed by atoms with Crippen LogP contribution in [0.1, 0.15) is 11.3 Å². The quantitative estimate of drug-likeness (QED) is 0.886. The molecule has 1 heterocycles. The molecule has 1 aromatic heterocycles. The first-order chi connectivity index (χ1) is 7.74. The van der Waals surface area contributed by atoms with Crippen molar-refractivity contribution in [1.82, 2.24) is 9.97 Å². The van der Waals surface area contributed by atoms with E-state index in [0.29, 0.717) is 5.95 Å². The van der Waals surface area contributed by atoms with Crippen molar-refractivity contribution in [3.8, 4) is 0 Å². The highest BCUT2D eigenvalue weighted by molar-refractivity contribution is 6.30. The molecule has 82 valence electrons. The lowest BCUT2D eigenvalue weighted by atomic mass is 10.1. The Hall–Kier alpha value is -1.61. The first-order valence-corrected chi connectivity index (χ1v) is 5.44. The Balaban J connectivity index is 1.99. The molecular weight excluding hydrogens is 222 g/mol. The first kappa shape index (κ1) is 10.9. The van der Waals surface area contributed by atoms with Crippen LogP contribution in [0.25, 0.3) is 0 Å². The number of hydrogen-bond donors (Lipinski definition) is 1. The van der Waals surface area contributed by atoms with Crippen LogP contribution in [0.15, 0.2) is 36.5 Å². The van der Waals surface area contributed by atoms with Gasteiger partial charge in [0.2, 0.25) is 5.95 Å². The Labute approximate surface area is 99.3 Å². The minimum absolute atomic E-state index is 0.327. The van der Waals surface area contributed by atoms with Crippen LogP contribution < -0.4 is 5.73 Å². The summed E-state index contributed by atoms with van der Waals surface area (Å²) in [6, 6.07) is 9.71. The lowest BCUT2D eigenvalue weighted by Gasteiger charge is -2.02. The van der Waals surface area contributed by atoms with E-state index in [9.17, 15) is 0 Å². The third kappa shape index (κ3) is 2.94. The predicted molar refractivity (Wildman–Crippen MR) is 65.3 cm³/mol. The van der Waals surface area contributed by atoms with Gasteiger partial charge >= 0.3 is 0 Å². The highest BCUT2D eigenvalue weighted by Gasteiger charge is 1.98. The molecule has 0 spiro atoms. The van der Waals surface area contributed by atoms with E-state index >= 15 is 0 Å². The SMILES string of the molecule is Nc1nccc(CCc2ccc(Cl)cc2)n1. The predicted octanol–water partition coefficient (Wildman–Crippen LogP) is 2.50. The summed E-state index contributed by atoms with van der Waals surface area (Å²) < 4.78 is 0. The molecule has 16 heavy (non-hydrogen) atoms. The molecule has 0 amide bonds. The molecule has 3 nitrogen and oxygen atoms in total. The van der Waals surface area contributed by atoms with Crippen molar-refractivity contribution in [2.75, 3.05) is 5.73 Å². The van der Waals surface area contributed by atoms with Crippen LogP contribution in [0.4, 0.5) is 5.95 Å². The number of nitrogen functional groups attached to an aromatic ring is 1. The second kappa shape index (κ2) is 4.94. The van der Waals surface area contributed by atoms with Gasteiger partial charge in [-0.3, -0.25) is 0 Å². The molecule has 0 fully saturated rings. The number of benzene rings is 1. The van der Waals surface area contributed by atoms with Crippen LogP contribution in [0.2, 0.25) is 5.02 Å².